The summed E-state index contributed by atoms with van der Waals surface area (Å²) in [4.78, 5) is 14.1. The van der Waals surface area contributed by atoms with Crippen LogP contribution in [0.2, 0.25) is 0 Å². The van der Waals surface area contributed by atoms with E-state index < -0.39 is 0 Å². The maximum atomic E-state index is 12.2. The fraction of sp³-hybridized carbons (Fsp3) is 0.867. The van der Waals surface area contributed by atoms with E-state index in [-0.39, 0.29) is 6.03 Å². The minimum Gasteiger partial charge on any atom is -0.335 e. The lowest BCUT2D eigenvalue weighted by Crippen LogP contribution is -2.46. The van der Waals surface area contributed by atoms with Crippen molar-refractivity contribution in [3.05, 3.63) is 6.92 Å². The van der Waals surface area contributed by atoms with Gasteiger partial charge in [-0.15, -0.1) is 0 Å². The Morgan fingerprint density at radius 3 is 2.28 bits per heavy atom. The van der Waals surface area contributed by atoms with Gasteiger partial charge in [0.1, 0.15) is 0 Å². The van der Waals surface area contributed by atoms with Gasteiger partial charge in [0.15, 0.2) is 0 Å². The Kier molecular flexibility index (Phi) is 5.33. The summed E-state index contributed by atoms with van der Waals surface area (Å²) in [5, 5.41) is 3.17. The van der Waals surface area contributed by atoms with Crippen LogP contribution in [-0.4, -0.2) is 30.1 Å². The van der Waals surface area contributed by atoms with Gasteiger partial charge in [-0.1, -0.05) is 32.1 Å². The standard InChI is InChI=1S/C15H27N2O/c1-2-17(12-13-8-4-3-5-9-13)15(18)16-14-10-6-7-11-14/h13-14H,1-12H2,(H,16,18). The van der Waals surface area contributed by atoms with Crippen LogP contribution < -0.4 is 5.32 Å². The van der Waals surface area contributed by atoms with Crippen molar-refractivity contribution in [2.24, 2.45) is 5.92 Å². The van der Waals surface area contributed by atoms with Crippen molar-refractivity contribution >= 4 is 6.03 Å². The van der Waals surface area contributed by atoms with Crippen LogP contribution in [0, 0.1) is 12.8 Å². The summed E-state index contributed by atoms with van der Waals surface area (Å²) < 4.78 is 0. The summed E-state index contributed by atoms with van der Waals surface area (Å²) in [7, 11) is 0. The lowest BCUT2D eigenvalue weighted by atomic mass is 9.89. The van der Waals surface area contributed by atoms with Gasteiger partial charge in [-0.05, 0) is 38.5 Å². The smallest absolute Gasteiger partial charge is 0.317 e. The van der Waals surface area contributed by atoms with Gasteiger partial charge < -0.3 is 10.2 Å². The number of nitrogens with one attached hydrogen (secondary N) is 1. The van der Waals surface area contributed by atoms with Crippen molar-refractivity contribution in [3.63, 3.8) is 0 Å². The van der Waals surface area contributed by atoms with E-state index in [0.717, 1.165) is 19.4 Å². The minimum atomic E-state index is 0.113. The van der Waals surface area contributed by atoms with Crippen molar-refractivity contribution in [2.75, 3.05) is 13.1 Å². The fourth-order valence-corrected chi connectivity index (χ4v) is 3.29. The topological polar surface area (TPSA) is 32.3 Å². The molecule has 0 saturated heterocycles. The van der Waals surface area contributed by atoms with Crippen molar-refractivity contribution in [1.82, 2.24) is 10.2 Å². The van der Waals surface area contributed by atoms with Crippen LogP contribution in [0.25, 0.3) is 0 Å². The van der Waals surface area contributed by atoms with Gasteiger partial charge in [0.05, 0.1) is 0 Å². The average Bonchev–Trinajstić information content (AvgIpc) is 2.90. The molecule has 0 aromatic heterocycles. The lowest BCUT2D eigenvalue weighted by molar-refractivity contribution is 0.181. The molecule has 18 heavy (non-hydrogen) atoms. The third-order valence-corrected chi connectivity index (χ3v) is 4.44. The molecule has 2 saturated carbocycles. The molecule has 3 heteroatoms. The number of carbonyl (C=O) groups excluding carboxylic acids is 1. The molecule has 0 aromatic carbocycles. The van der Waals surface area contributed by atoms with Crippen LogP contribution in [-0.2, 0) is 0 Å². The Morgan fingerprint density at radius 2 is 1.67 bits per heavy atom. The predicted molar refractivity (Wildman–Crippen MR) is 74.3 cm³/mol. The molecular formula is C15H27N2O. The largest absolute Gasteiger partial charge is 0.335 e. The van der Waals surface area contributed by atoms with Crippen LogP contribution in [0.1, 0.15) is 57.8 Å². The highest BCUT2D eigenvalue weighted by atomic mass is 16.2. The first-order valence-electron chi connectivity index (χ1n) is 7.64. The van der Waals surface area contributed by atoms with Gasteiger partial charge in [0.2, 0.25) is 0 Å². The Balaban J connectivity index is 1.76. The fourth-order valence-electron chi connectivity index (χ4n) is 3.29. The molecule has 0 bridgehead atoms. The average molecular weight is 251 g/mol. The maximum Gasteiger partial charge on any atom is 0.317 e. The SMILES string of the molecule is [CH2]CN(CC1CCCCC1)C(=O)NC1CCCC1. The molecule has 0 spiro atoms. The Hall–Kier alpha value is -0.730. The van der Waals surface area contributed by atoms with Gasteiger partial charge in [0.25, 0.3) is 0 Å². The second kappa shape index (κ2) is 7.01. The van der Waals surface area contributed by atoms with Crippen molar-refractivity contribution in [1.29, 1.82) is 0 Å². The van der Waals surface area contributed by atoms with E-state index in [1.165, 1.54) is 44.9 Å². The molecule has 2 fully saturated rings. The zero-order valence-corrected chi connectivity index (χ0v) is 11.5. The van der Waals surface area contributed by atoms with Gasteiger partial charge >= 0.3 is 6.03 Å². The van der Waals surface area contributed by atoms with Crippen molar-refractivity contribution < 1.29 is 4.79 Å². The second-order valence-corrected chi connectivity index (χ2v) is 5.88. The Bertz CT molecular complexity index is 255. The molecule has 0 aromatic rings. The third-order valence-electron chi connectivity index (χ3n) is 4.44. The van der Waals surface area contributed by atoms with E-state index in [4.69, 9.17) is 0 Å². The Labute approximate surface area is 111 Å². The second-order valence-electron chi connectivity index (χ2n) is 5.88. The van der Waals surface area contributed by atoms with E-state index in [2.05, 4.69) is 12.2 Å². The molecule has 0 atom stereocenters. The summed E-state index contributed by atoms with van der Waals surface area (Å²) in [6, 6.07) is 0.528. The normalized spacial score (nSPS) is 22.1. The van der Waals surface area contributed by atoms with Crippen LogP contribution in [0.3, 0.4) is 0 Å². The Morgan fingerprint density at radius 1 is 1.06 bits per heavy atom. The van der Waals surface area contributed by atoms with Crippen molar-refractivity contribution in [2.45, 2.75) is 63.8 Å². The molecule has 0 aliphatic heterocycles. The molecular weight excluding hydrogens is 224 g/mol. The highest BCUT2D eigenvalue weighted by Gasteiger charge is 2.23. The number of hydrogen-bond donors (Lipinski definition) is 1. The van der Waals surface area contributed by atoms with E-state index >= 15 is 0 Å². The quantitative estimate of drug-likeness (QED) is 0.816. The monoisotopic (exact) mass is 251 g/mol. The highest BCUT2D eigenvalue weighted by Crippen LogP contribution is 2.24. The molecule has 2 amide bonds. The van der Waals surface area contributed by atoms with E-state index in [1.807, 2.05) is 4.90 Å². The first-order valence-corrected chi connectivity index (χ1v) is 7.64. The van der Waals surface area contributed by atoms with Crippen LogP contribution >= 0.6 is 0 Å². The van der Waals surface area contributed by atoms with E-state index in [0.29, 0.717) is 18.5 Å². The number of nitrogens with zero attached hydrogens (tertiary/aromatic N) is 1. The summed E-state index contributed by atoms with van der Waals surface area (Å²) in [5.74, 6) is 0.704. The van der Waals surface area contributed by atoms with Gasteiger partial charge in [0, 0.05) is 19.1 Å². The molecule has 103 valence electrons. The summed E-state index contributed by atoms with van der Waals surface area (Å²) >= 11 is 0. The molecule has 0 unspecified atom stereocenters. The van der Waals surface area contributed by atoms with Gasteiger partial charge in [-0.25, -0.2) is 4.79 Å². The van der Waals surface area contributed by atoms with Gasteiger partial charge in [-0.2, -0.15) is 0 Å². The molecule has 1 radical (unpaired) electrons. The third kappa shape index (κ3) is 3.89. The number of hydrogen-bond acceptors (Lipinski definition) is 1. The minimum absolute atomic E-state index is 0.113. The zero-order chi connectivity index (χ0) is 12.8. The molecule has 2 rings (SSSR count). The number of urea groups is 1. The molecule has 2 aliphatic rings. The molecule has 3 nitrogen and oxygen atoms in total. The lowest BCUT2D eigenvalue weighted by Gasteiger charge is -2.30. The van der Waals surface area contributed by atoms with Crippen LogP contribution in [0.5, 0.6) is 0 Å². The summed E-state index contributed by atoms with van der Waals surface area (Å²) in [5.41, 5.74) is 0. The molecule has 1 N–H and O–H groups in total. The van der Waals surface area contributed by atoms with E-state index in [9.17, 15) is 4.79 Å². The highest BCUT2D eigenvalue weighted by molar-refractivity contribution is 5.74. The van der Waals surface area contributed by atoms with Crippen LogP contribution in [0.4, 0.5) is 4.79 Å². The first-order chi connectivity index (χ1) is 8.79. The van der Waals surface area contributed by atoms with Gasteiger partial charge in [-0.3, -0.25) is 0 Å². The molecule has 0 heterocycles. The summed E-state index contributed by atoms with van der Waals surface area (Å²) in [6.45, 7) is 5.41. The number of amides is 2. The summed E-state index contributed by atoms with van der Waals surface area (Å²) in [6.07, 6.45) is 11.4. The van der Waals surface area contributed by atoms with E-state index in [1.54, 1.807) is 0 Å². The van der Waals surface area contributed by atoms with Crippen LogP contribution in [0.15, 0.2) is 0 Å². The maximum absolute atomic E-state index is 12.2. The number of rotatable bonds is 4. The first kappa shape index (κ1) is 13.7. The van der Waals surface area contributed by atoms with Crippen molar-refractivity contribution in [3.8, 4) is 0 Å². The predicted octanol–water partition coefficient (Wildman–Crippen LogP) is 3.35. The molecule has 2 aliphatic carbocycles. The number of carbonyl (C=O) groups is 1. The zero-order valence-electron chi connectivity index (χ0n) is 11.5.